The van der Waals surface area contributed by atoms with Crippen LogP contribution in [0.2, 0.25) is 5.15 Å². The number of aromatic nitrogens is 4. The number of nitrogens with zero attached hydrogens (tertiary/aromatic N) is 4. The summed E-state index contributed by atoms with van der Waals surface area (Å²) in [6, 6.07) is 1.80. The predicted octanol–water partition coefficient (Wildman–Crippen LogP) is 3.16. The van der Waals surface area contributed by atoms with E-state index in [-0.39, 0.29) is 0 Å². The summed E-state index contributed by atoms with van der Waals surface area (Å²) in [6.07, 6.45) is 9.62. The fourth-order valence-corrected chi connectivity index (χ4v) is 2.97. The first-order valence-corrected chi connectivity index (χ1v) is 7.31. The summed E-state index contributed by atoms with van der Waals surface area (Å²) < 4.78 is 1.69. The molecule has 5 nitrogen and oxygen atoms in total. The highest BCUT2D eigenvalue weighted by atomic mass is 35.5. The Morgan fingerprint density at radius 2 is 2.16 bits per heavy atom. The van der Waals surface area contributed by atoms with Crippen molar-refractivity contribution in [2.24, 2.45) is 5.92 Å². The van der Waals surface area contributed by atoms with Crippen molar-refractivity contribution in [3.63, 3.8) is 0 Å². The average molecular weight is 280 g/mol. The first-order valence-electron chi connectivity index (χ1n) is 6.93. The van der Waals surface area contributed by atoms with Gasteiger partial charge in [0.2, 0.25) is 0 Å². The Labute approximate surface area is 117 Å². The van der Waals surface area contributed by atoms with Crippen LogP contribution in [0, 0.1) is 5.92 Å². The molecule has 0 aromatic carbocycles. The van der Waals surface area contributed by atoms with Gasteiger partial charge >= 0.3 is 0 Å². The first kappa shape index (κ1) is 12.7. The smallest absolute Gasteiger partial charge is 0.255 e. The van der Waals surface area contributed by atoms with Crippen molar-refractivity contribution in [2.75, 3.05) is 11.9 Å². The van der Waals surface area contributed by atoms with Crippen molar-refractivity contribution in [2.45, 2.75) is 38.5 Å². The second kappa shape index (κ2) is 5.74. The first-order chi connectivity index (χ1) is 9.33. The molecule has 1 aliphatic rings. The highest BCUT2D eigenvalue weighted by Gasteiger charge is 2.13. The Morgan fingerprint density at radius 3 is 3.00 bits per heavy atom. The van der Waals surface area contributed by atoms with Crippen LogP contribution in [0.5, 0.6) is 0 Å². The third kappa shape index (κ3) is 2.97. The molecule has 1 N–H and O–H groups in total. The van der Waals surface area contributed by atoms with Crippen LogP contribution < -0.4 is 5.32 Å². The minimum Gasteiger partial charge on any atom is -0.370 e. The number of anilines is 1. The third-order valence-electron chi connectivity index (χ3n) is 3.80. The van der Waals surface area contributed by atoms with Gasteiger partial charge in [0.05, 0.1) is 0 Å². The van der Waals surface area contributed by atoms with Crippen molar-refractivity contribution >= 4 is 23.2 Å². The molecule has 102 valence electrons. The van der Waals surface area contributed by atoms with Crippen LogP contribution >= 0.6 is 11.6 Å². The van der Waals surface area contributed by atoms with Gasteiger partial charge < -0.3 is 5.32 Å². The maximum atomic E-state index is 5.98. The minimum absolute atomic E-state index is 0.445. The molecule has 3 rings (SSSR count). The van der Waals surface area contributed by atoms with Crippen LogP contribution in [0.3, 0.4) is 0 Å². The number of fused-ring (bicyclic) bond motifs is 1. The van der Waals surface area contributed by atoms with Gasteiger partial charge in [0.25, 0.3) is 5.78 Å². The molecule has 0 amide bonds. The molecule has 2 aromatic rings. The summed E-state index contributed by atoms with van der Waals surface area (Å²) >= 11 is 5.98. The quantitative estimate of drug-likeness (QED) is 0.874. The maximum Gasteiger partial charge on any atom is 0.255 e. The Bertz CT molecular complexity index is 547. The summed E-state index contributed by atoms with van der Waals surface area (Å²) in [7, 11) is 0. The molecule has 19 heavy (non-hydrogen) atoms. The lowest BCUT2D eigenvalue weighted by Crippen LogP contribution is -2.14. The molecule has 2 heterocycles. The second-order valence-corrected chi connectivity index (χ2v) is 5.54. The number of halogens is 1. The summed E-state index contributed by atoms with van der Waals surface area (Å²) in [6.45, 7) is 0.944. The van der Waals surface area contributed by atoms with Crippen LogP contribution in [0.15, 0.2) is 12.4 Å². The lowest BCUT2D eigenvalue weighted by molar-refractivity contribution is 0.345. The SMILES string of the molecule is Clc1cc(NCCC2CCCCC2)n2ncnc2n1. The third-order valence-corrected chi connectivity index (χ3v) is 4.00. The molecule has 0 bridgehead atoms. The van der Waals surface area contributed by atoms with E-state index < -0.39 is 0 Å². The molecule has 6 heteroatoms. The fraction of sp³-hybridized carbons (Fsp3) is 0.615. The van der Waals surface area contributed by atoms with E-state index in [2.05, 4.69) is 20.4 Å². The van der Waals surface area contributed by atoms with Gasteiger partial charge in [0.1, 0.15) is 17.3 Å². The topological polar surface area (TPSA) is 55.1 Å². The monoisotopic (exact) mass is 279 g/mol. The van der Waals surface area contributed by atoms with Gasteiger partial charge in [0, 0.05) is 12.6 Å². The number of rotatable bonds is 4. The Balaban J connectivity index is 1.63. The molecule has 0 aliphatic heterocycles. The van der Waals surface area contributed by atoms with E-state index in [1.165, 1.54) is 44.9 Å². The average Bonchev–Trinajstić information content (AvgIpc) is 2.88. The Hall–Kier alpha value is -1.36. The van der Waals surface area contributed by atoms with E-state index in [0.717, 1.165) is 18.3 Å². The van der Waals surface area contributed by atoms with Gasteiger partial charge in [-0.25, -0.2) is 0 Å². The van der Waals surface area contributed by atoms with E-state index in [0.29, 0.717) is 10.9 Å². The zero-order valence-electron chi connectivity index (χ0n) is 10.8. The predicted molar refractivity (Wildman–Crippen MR) is 75.5 cm³/mol. The van der Waals surface area contributed by atoms with Gasteiger partial charge in [0.15, 0.2) is 0 Å². The van der Waals surface area contributed by atoms with Crippen LogP contribution in [-0.4, -0.2) is 26.1 Å². The van der Waals surface area contributed by atoms with Gasteiger partial charge in [-0.1, -0.05) is 43.7 Å². The van der Waals surface area contributed by atoms with Gasteiger partial charge in [-0.15, -0.1) is 0 Å². The lowest BCUT2D eigenvalue weighted by Gasteiger charge is -2.21. The lowest BCUT2D eigenvalue weighted by atomic mass is 9.87. The molecule has 0 unspecified atom stereocenters. The summed E-state index contributed by atoms with van der Waals surface area (Å²) in [5, 5.41) is 7.99. The van der Waals surface area contributed by atoms with Crippen molar-refractivity contribution in [3.8, 4) is 0 Å². The van der Waals surface area contributed by atoms with Gasteiger partial charge in [-0.2, -0.15) is 19.6 Å². The number of hydrogen-bond acceptors (Lipinski definition) is 4. The van der Waals surface area contributed by atoms with Crippen molar-refractivity contribution < 1.29 is 0 Å². The molecule has 1 fully saturated rings. The summed E-state index contributed by atoms with van der Waals surface area (Å²) in [4.78, 5) is 8.16. The van der Waals surface area contributed by atoms with Crippen molar-refractivity contribution in [1.29, 1.82) is 0 Å². The molecule has 0 atom stereocenters. The highest BCUT2D eigenvalue weighted by Crippen LogP contribution is 2.26. The molecule has 0 saturated heterocycles. The number of hydrogen-bond donors (Lipinski definition) is 1. The van der Waals surface area contributed by atoms with E-state index in [1.54, 1.807) is 10.6 Å². The molecular formula is C13H18ClN5. The molecular weight excluding hydrogens is 262 g/mol. The van der Waals surface area contributed by atoms with E-state index in [4.69, 9.17) is 11.6 Å². The minimum atomic E-state index is 0.445. The summed E-state index contributed by atoms with van der Waals surface area (Å²) in [5.41, 5.74) is 0. The largest absolute Gasteiger partial charge is 0.370 e. The van der Waals surface area contributed by atoms with Gasteiger partial charge in [-0.3, -0.25) is 0 Å². The van der Waals surface area contributed by atoms with Crippen LogP contribution in [0.1, 0.15) is 38.5 Å². The Morgan fingerprint density at radius 1 is 1.32 bits per heavy atom. The van der Waals surface area contributed by atoms with E-state index in [9.17, 15) is 0 Å². The van der Waals surface area contributed by atoms with Crippen molar-refractivity contribution in [1.82, 2.24) is 19.6 Å². The summed E-state index contributed by atoms with van der Waals surface area (Å²) in [5.74, 6) is 2.26. The second-order valence-electron chi connectivity index (χ2n) is 5.16. The zero-order chi connectivity index (χ0) is 13.1. The van der Waals surface area contributed by atoms with Crippen LogP contribution in [0.25, 0.3) is 5.78 Å². The molecule has 1 saturated carbocycles. The Kier molecular flexibility index (Phi) is 3.82. The molecule has 0 spiro atoms. The van der Waals surface area contributed by atoms with Crippen LogP contribution in [0.4, 0.5) is 5.82 Å². The normalized spacial score (nSPS) is 16.9. The van der Waals surface area contributed by atoms with E-state index in [1.807, 2.05) is 0 Å². The highest BCUT2D eigenvalue weighted by molar-refractivity contribution is 6.29. The molecule has 0 radical (unpaired) electrons. The molecule has 2 aromatic heterocycles. The van der Waals surface area contributed by atoms with Gasteiger partial charge in [-0.05, 0) is 12.3 Å². The maximum absolute atomic E-state index is 5.98. The van der Waals surface area contributed by atoms with Crippen LogP contribution in [-0.2, 0) is 0 Å². The standard InChI is InChI=1S/C13H18ClN5/c14-11-8-12(19-13(18-11)16-9-17-19)15-7-6-10-4-2-1-3-5-10/h8-10,15H,1-7H2. The molecule has 1 aliphatic carbocycles. The fourth-order valence-electron chi connectivity index (χ4n) is 2.79. The zero-order valence-corrected chi connectivity index (χ0v) is 11.6. The van der Waals surface area contributed by atoms with E-state index >= 15 is 0 Å². The number of nitrogens with one attached hydrogen (secondary N) is 1. The van der Waals surface area contributed by atoms with Crippen molar-refractivity contribution in [3.05, 3.63) is 17.5 Å².